The molecule has 1 aliphatic carbocycles. The number of amides is 2. The second-order valence-electron chi connectivity index (χ2n) is 9.69. The molecule has 6 heteroatoms. The normalized spacial score (nSPS) is 23.1. The van der Waals surface area contributed by atoms with Crippen LogP contribution in [0.3, 0.4) is 0 Å². The monoisotopic (exact) mass is 415 g/mol. The number of carbonyl (C=O) groups excluding carboxylic acids is 2. The number of ether oxygens (including phenoxy) is 1. The molecule has 0 radical (unpaired) electrons. The number of nitrogens with zero attached hydrogens (tertiary/aromatic N) is 2. The van der Waals surface area contributed by atoms with Crippen LogP contribution < -0.4 is 5.32 Å². The Kier molecular flexibility index (Phi) is 7.75. The molecule has 1 aliphatic heterocycles. The van der Waals surface area contributed by atoms with Crippen LogP contribution >= 0.6 is 0 Å². The second-order valence-corrected chi connectivity index (χ2v) is 9.69. The van der Waals surface area contributed by atoms with Gasteiger partial charge in [0, 0.05) is 45.2 Å². The fraction of sp³-hybridized carbons (Fsp3) is 0.667. The molecule has 166 valence electrons. The lowest BCUT2D eigenvalue weighted by Gasteiger charge is -2.38. The van der Waals surface area contributed by atoms with Crippen LogP contribution in [-0.4, -0.2) is 60.1 Å². The van der Waals surface area contributed by atoms with Crippen molar-refractivity contribution in [3.8, 4) is 0 Å². The van der Waals surface area contributed by atoms with Gasteiger partial charge >= 0.3 is 6.09 Å². The summed E-state index contributed by atoms with van der Waals surface area (Å²) >= 11 is 0. The molecule has 0 aromatic heterocycles. The van der Waals surface area contributed by atoms with Gasteiger partial charge < -0.3 is 15.0 Å². The maximum Gasteiger partial charge on any atom is 0.407 e. The molecular formula is C24H37N3O3. The largest absolute Gasteiger partial charge is 0.444 e. The van der Waals surface area contributed by atoms with Crippen molar-refractivity contribution >= 4 is 12.0 Å². The van der Waals surface area contributed by atoms with Gasteiger partial charge in [0.1, 0.15) is 5.60 Å². The van der Waals surface area contributed by atoms with Crippen LogP contribution in [0.2, 0.25) is 0 Å². The molecule has 6 nitrogen and oxygen atoms in total. The molecule has 30 heavy (non-hydrogen) atoms. The first-order chi connectivity index (χ1) is 14.3. The van der Waals surface area contributed by atoms with Crippen molar-refractivity contribution in [3.05, 3.63) is 35.9 Å². The highest BCUT2D eigenvalue weighted by Gasteiger charge is 2.31. The average Bonchev–Trinajstić information content (AvgIpc) is 2.72. The van der Waals surface area contributed by atoms with E-state index in [0.29, 0.717) is 18.4 Å². The molecule has 0 unspecified atom stereocenters. The van der Waals surface area contributed by atoms with Crippen LogP contribution in [0.1, 0.15) is 52.0 Å². The van der Waals surface area contributed by atoms with E-state index in [4.69, 9.17) is 4.74 Å². The molecule has 1 heterocycles. The Hall–Kier alpha value is -2.08. The fourth-order valence-electron chi connectivity index (χ4n) is 4.38. The van der Waals surface area contributed by atoms with E-state index < -0.39 is 5.60 Å². The van der Waals surface area contributed by atoms with Gasteiger partial charge in [0.2, 0.25) is 5.91 Å². The lowest BCUT2D eigenvalue weighted by molar-refractivity contribution is -0.138. The summed E-state index contributed by atoms with van der Waals surface area (Å²) in [4.78, 5) is 29.3. The minimum atomic E-state index is -0.473. The van der Waals surface area contributed by atoms with Crippen molar-refractivity contribution in [1.82, 2.24) is 15.1 Å². The molecule has 1 N–H and O–H groups in total. The summed E-state index contributed by atoms with van der Waals surface area (Å²) in [5, 5.41) is 2.88. The third-order valence-corrected chi connectivity index (χ3v) is 6.06. The zero-order valence-electron chi connectivity index (χ0n) is 18.7. The Labute approximate surface area is 180 Å². The van der Waals surface area contributed by atoms with Gasteiger partial charge in [0.25, 0.3) is 0 Å². The summed E-state index contributed by atoms with van der Waals surface area (Å²) in [7, 11) is 0. The molecule has 0 bridgehead atoms. The number of carbonyl (C=O) groups is 2. The van der Waals surface area contributed by atoms with E-state index in [1.54, 1.807) is 0 Å². The molecule has 0 atom stereocenters. The first-order valence-corrected chi connectivity index (χ1v) is 11.3. The van der Waals surface area contributed by atoms with Crippen LogP contribution in [-0.2, 0) is 16.1 Å². The molecule has 2 aliphatic rings. The highest BCUT2D eigenvalue weighted by atomic mass is 16.6. The summed E-state index contributed by atoms with van der Waals surface area (Å²) in [6.45, 7) is 10.7. The van der Waals surface area contributed by atoms with Crippen LogP contribution in [0.5, 0.6) is 0 Å². The minimum Gasteiger partial charge on any atom is -0.444 e. The number of hydrogen-bond acceptors (Lipinski definition) is 4. The standard InChI is InChI=1S/C24H37N3O3/c1-24(2,3)30-23(29)25-17-19-9-11-21(12-10-19)22(28)27-15-13-26(14-16-27)18-20-7-5-4-6-8-20/h4-8,19,21H,9-18H2,1-3H3,(H,25,29). The van der Waals surface area contributed by atoms with E-state index in [1.165, 1.54) is 5.56 Å². The van der Waals surface area contributed by atoms with E-state index in [1.807, 2.05) is 26.8 Å². The summed E-state index contributed by atoms with van der Waals surface area (Å²) in [5.74, 6) is 0.903. The van der Waals surface area contributed by atoms with Crippen LogP contribution in [0.15, 0.2) is 30.3 Å². The van der Waals surface area contributed by atoms with E-state index >= 15 is 0 Å². The molecule has 2 fully saturated rings. The van der Waals surface area contributed by atoms with Gasteiger partial charge in [-0.25, -0.2) is 4.79 Å². The summed E-state index contributed by atoms with van der Waals surface area (Å²) in [6, 6.07) is 10.5. The lowest BCUT2D eigenvalue weighted by atomic mass is 9.81. The quantitative estimate of drug-likeness (QED) is 0.797. The van der Waals surface area contributed by atoms with E-state index in [0.717, 1.165) is 58.4 Å². The molecule has 0 spiro atoms. The van der Waals surface area contributed by atoms with Crippen LogP contribution in [0.4, 0.5) is 4.79 Å². The van der Waals surface area contributed by atoms with Crippen LogP contribution in [0.25, 0.3) is 0 Å². The van der Waals surface area contributed by atoms with Crippen molar-refractivity contribution in [3.63, 3.8) is 0 Å². The lowest BCUT2D eigenvalue weighted by Crippen LogP contribution is -2.50. The molecule has 1 saturated heterocycles. The Morgan fingerprint density at radius 1 is 1.00 bits per heavy atom. The molecule has 1 aromatic rings. The van der Waals surface area contributed by atoms with Gasteiger partial charge in [-0.2, -0.15) is 0 Å². The Morgan fingerprint density at radius 2 is 1.63 bits per heavy atom. The summed E-state index contributed by atoms with van der Waals surface area (Å²) in [6.07, 6.45) is 3.46. The van der Waals surface area contributed by atoms with Crippen molar-refractivity contribution in [1.29, 1.82) is 0 Å². The third-order valence-electron chi connectivity index (χ3n) is 6.06. The number of rotatable bonds is 5. The van der Waals surface area contributed by atoms with Gasteiger partial charge in [0.05, 0.1) is 0 Å². The fourth-order valence-corrected chi connectivity index (χ4v) is 4.38. The highest BCUT2D eigenvalue weighted by molar-refractivity contribution is 5.79. The second kappa shape index (κ2) is 10.3. The number of piperazine rings is 1. The van der Waals surface area contributed by atoms with E-state index in [9.17, 15) is 9.59 Å². The first kappa shape index (κ1) is 22.6. The SMILES string of the molecule is CC(C)(C)OC(=O)NCC1CCC(C(=O)N2CCN(Cc3ccccc3)CC2)CC1. The number of alkyl carbamates (subject to hydrolysis) is 1. The predicted octanol–water partition coefficient (Wildman–Crippen LogP) is 3.66. The topological polar surface area (TPSA) is 61.9 Å². The highest BCUT2D eigenvalue weighted by Crippen LogP contribution is 2.30. The summed E-state index contributed by atoms with van der Waals surface area (Å²) in [5.41, 5.74) is 0.856. The van der Waals surface area contributed by atoms with Crippen molar-refractivity contribution < 1.29 is 14.3 Å². The summed E-state index contributed by atoms with van der Waals surface area (Å²) < 4.78 is 5.30. The predicted molar refractivity (Wildman–Crippen MR) is 118 cm³/mol. The molecule has 1 aromatic carbocycles. The van der Waals surface area contributed by atoms with Gasteiger partial charge in [0.15, 0.2) is 0 Å². The van der Waals surface area contributed by atoms with Gasteiger partial charge in [-0.1, -0.05) is 30.3 Å². The minimum absolute atomic E-state index is 0.142. The third kappa shape index (κ3) is 7.01. The molecular weight excluding hydrogens is 378 g/mol. The first-order valence-electron chi connectivity index (χ1n) is 11.3. The van der Waals surface area contributed by atoms with Gasteiger partial charge in [-0.15, -0.1) is 0 Å². The number of benzene rings is 1. The zero-order chi connectivity index (χ0) is 21.6. The molecule has 3 rings (SSSR count). The van der Waals surface area contributed by atoms with Crippen molar-refractivity contribution in [2.24, 2.45) is 11.8 Å². The van der Waals surface area contributed by atoms with Gasteiger partial charge in [-0.3, -0.25) is 9.69 Å². The average molecular weight is 416 g/mol. The van der Waals surface area contributed by atoms with Crippen molar-refractivity contribution in [2.75, 3.05) is 32.7 Å². The number of hydrogen-bond donors (Lipinski definition) is 1. The zero-order valence-corrected chi connectivity index (χ0v) is 18.7. The Balaban J connectivity index is 1.35. The smallest absolute Gasteiger partial charge is 0.407 e. The van der Waals surface area contributed by atoms with E-state index in [2.05, 4.69) is 39.4 Å². The Morgan fingerprint density at radius 3 is 2.23 bits per heavy atom. The van der Waals surface area contributed by atoms with Crippen LogP contribution in [0, 0.1) is 11.8 Å². The number of nitrogens with one attached hydrogen (secondary N) is 1. The molecule has 2 amide bonds. The van der Waals surface area contributed by atoms with E-state index in [-0.39, 0.29) is 12.0 Å². The van der Waals surface area contributed by atoms with Gasteiger partial charge in [-0.05, 0) is 57.9 Å². The maximum atomic E-state index is 13.0. The maximum absolute atomic E-state index is 13.0. The van der Waals surface area contributed by atoms with Crippen molar-refractivity contribution in [2.45, 2.75) is 58.6 Å². The molecule has 1 saturated carbocycles. The Bertz CT molecular complexity index is 685.